The van der Waals surface area contributed by atoms with Gasteiger partial charge < -0.3 is 30.1 Å². The number of aromatic hydroxyl groups is 5. The van der Waals surface area contributed by atoms with Crippen molar-refractivity contribution in [3.05, 3.63) is 180 Å². The minimum atomic E-state index is -1.12. The van der Waals surface area contributed by atoms with Gasteiger partial charge in [-0.25, -0.2) is 9.98 Å². The maximum Gasteiger partial charge on any atom is 0.208 e. The van der Waals surface area contributed by atoms with Gasteiger partial charge in [-0.3, -0.25) is 5.41 Å². The van der Waals surface area contributed by atoms with Gasteiger partial charge in [0.15, 0.2) is 23.2 Å². The Morgan fingerprint density at radius 3 is 1.66 bits per heavy atom. The van der Waals surface area contributed by atoms with E-state index in [1.54, 1.807) is 41.8 Å². The molecule has 0 bridgehead atoms. The van der Waals surface area contributed by atoms with Crippen LogP contribution in [0.2, 0.25) is 0 Å². The summed E-state index contributed by atoms with van der Waals surface area (Å²) in [7, 11) is 0. The Labute approximate surface area is 352 Å². The molecule has 0 saturated heterocycles. The highest BCUT2D eigenvalue weighted by Crippen LogP contribution is 2.51. The van der Waals surface area contributed by atoms with Crippen LogP contribution >= 0.6 is 11.3 Å². The lowest BCUT2D eigenvalue weighted by molar-refractivity contribution is 0.327. The van der Waals surface area contributed by atoms with Gasteiger partial charge in [-0.05, 0) is 70.8 Å². The first-order chi connectivity index (χ1) is 29.7. The first-order valence-electron chi connectivity index (χ1n) is 19.4. The number of hydrogen-bond donors (Lipinski definition) is 6. The number of aromatic nitrogens is 1. The van der Waals surface area contributed by atoms with Crippen molar-refractivity contribution in [1.29, 1.82) is 5.41 Å². The monoisotopic (exact) mass is 814 g/mol. The summed E-state index contributed by atoms with van der Waals surface area (Å²) in [5.41, 5.74) is 8.39. The molecule has 0 aliphatic heterocycles. The predicted octanol–water partition coefficient (Wildman–Crippen LogP) is 11.9. The number of nitrogens with zero attached hydrogens (tertiary/aromatic N) is 3. The summed E-state index contributed by atoms with van der Waals surface area (Å²) in [6.07, 6.45) is 1.67. The van der Waals surface area contributed by atoms with E-state index in [4.69, 9.17) is 10.4 Å². The van der Waals surface area contributed by atoms with Gasteiger partial charge in [-0.15, -0.1) is 11.3 Å². The zero-order valence-corrected chi connectivity index (χ0v) is 33.0. The number of fused-ring (bicyclic) bond motifs is 6. The summed E-state index contributed by atoms with van der Waals surface area (Å²) in [6, 6.07) is 55.6. The minimum absolute atomic E-state index is 0.0590. The van der Waals surface area contributed by atoms with Gasteiger partial charge in [0.25, 0.3) is 0 Å². The first-order valence-corrected chi connectivity index (χ1v) is 20.2. The van der Waals surface area contributed by atoms with Crippen molar-refractivity contribution in [3.63, 3.8) is 0 Å². The number of rotatable bonds is 6. The maximum absolute atomic E-state index is 10.5. The van der Waals surface area contributed by atoms with E-state index < -0.39 is 40.1 Å². The van der Waals surface area contributed by atoms with Gasteiger partial charge in [-0.1, -0.05) is 115 Å². The van der Waals surface area contributed by atoms with Crippen molar-refractivity contribution in [3.8, 4) is 56.7 Å². The number of aliphatic imine (C=N–C) groups is 2. The van der Waals surface area contributed by atoms with Crippen LogP contribution in [0.25, 0.3) is 69.9 Å². The van der Waals surface area contributed by atoms with Gasteiger partial charge in [-0.2, -0.15) is 0 Å². The average molecular weight is 815 g/mol. The summed E-state index contributed by atoms with van der Waals surface area (Å²) >= 11 is 1.68. The molecule has 8 aromatic carbocycles. The standard InChI is InChI=1S/C51H34N4O5S/c52-50(44-45(56)47(58)49(60)48(59)46(44)57)54-51(31-15-8-3-9-16-31)53-28-34-17-10-18-42-43(34)38-27-35(21-24-41(38)61-42)55-39-22-19-32(29-11-4-1-5-12-29)25-36(39)37-26-33(20-23-40(37)55)30-13-6-2-7-14-30/h1-28,52,56-60H. The van der Waals surface area contributed by atoms with Gasteiger partial charge >= 0.3 is 0 Å². The maximum atomic E-state index is 10.5. The zero-order valence-electron chi connectivity index (χ0n) is 32.2. The zero-order chi connectivity index (χ0) is 41.8. The molecule has 0 aliphatic carbocycles. The van der Waals surface area contributed by atoms with Gasteiger partial charge in [0, 0.05) is 54.0 Å². The van der Waals surface area contributed by atoms with Crippen LogP contribution in [-0.4, -0.2) is 48.0 Å². The fourth-order valence-corrected chi connectivity index (χ4v) is 9.09. The number of thiophene rings is 1. The molecule has 0 atom stereocenters. The second-order valence-electron chi connectivity index (χ2n) is 14.6. The molecule has 0 amide bonds. The van der Waals surface area contributed by atoms with E-state index in [1.165, 1.54) is 0 Å². The van der Waals surface area contributed by atoms with Crippen molar-refractivity contribution < 1.29 is 25.5 Å². The molecule has 10 rings (SSSR count). The van der Waals surface area contributed by atoms with E-state index in [1.807, 2.05) is 30.3 Å². The molecule has 0 saturated carbocycles. The molecular formula is C51H34N4O5S. The third kappa shape index (κ3) is 6.39. The van der Waals surface area contributed by atoms with E-state index in [0.29, 0.717) is 5.56 Å². The number of phenols is 5. The topological polar surface area (TPSA) is 155 Å². The quantitative estimate of drug-likeness (QED) is 0.0427. The van der Waals surface area contributed by atoms with Crippen LogP contribution in [-0.2, 0) is 0 Å². The summed E-state index contributed by atoms with van der Waals surface area (Å²) in [4.78, 5) is 9.08. The van der Waals surface area contributed by atoms with Crippen LogP contribution in [0, 0.1) is 5.41 Å². The van der Waals surface area contributed by atoms with Crippen molar-refractivity contribution in [2.24, 2.45) is 9.98 Å². The average Bonchev–Trinajstić information content (AvgIpc) is 3.85. The van der Waals surface area contributed by atoms with Gasteiger partial charge in [0.1, 0.15) is 5.56 Å². The highest BCUT2D eigenvalue weighted by molar-refractivity contribution is 7.25. The first kappa shape index (κ1) is 37.1. The molecule has 0 unspecified atom stereocenters. The molecule has 9 nitrogen and oxygen atoms in total. The Kier molecular flexibility index (Phi) is 9.04. The number of hydrogen-bond acceptors (Lipinski definition) is 7. The highest BCUT2D eigenvalue weighted by atomic mass is 32.1. The summed E-state index contributed by atoms with van der Waals surface area (Å²) in [6.45, 7) is 0. The molecule has 6 N–H and O–H groups in total. The van der Waals surface area contributed by atoms with Crippen LogP contribution in [0.4, 0.5) is 0 Å². The van der Waals surface area contributed by atoms with Crippen LogP contribution in [0.1, 0.15) is 16.7 Å². The van der Waals surface area contributed by atoms with Gasteiger partial charge in [0.2, 0.25) is 17.2 Å². The minimum Gasteiger partial charge on any atom is -0.504 e. The number of phenolic OH excluding ortho intramolecular Hbond substituents is 5. The molecule has 10 heteroatoms. The van der Waals surface area contributed by atoms with E-state index in [-0.39, 0.29) is 5.84 Å². The van der Waals surface area contributed by atoms with Crippen LogP contribution in [0.3, 0.4) is 0 Å². The van der Waals surface area contributed by atoms with E-state index >= 15 is 0 Å². The number of nitrogens with one attached hydrogen (secondary N) is 1. The Hall–Kier alpha value is -8.21. The summed E-state index contributed by atoms with van der Waals surface area (Å²) in [5, 5.41) is 64.3. The highest BCUT2D eigenvalue weighted by Gasteiger charge is 2.26. The lowest BCUT2D eigenvalue weighted by Gasteiger charge is -2.11. The lowest BCUT2D eigenvalue weighted by Crippen LogP contribution is -2.05. The third-order valence-electron chi connectivity index (χ3n) is 10.9. The van der Waals surface area contributed by atoms with Crippen molar-refractivity contribution >= 4 is 71.2 Å². The van der Waals surface area contributed by atoms with Crippen LogP contribution in [0.15, 0.2) is 174 Å². The lowest BCUT2D eigenvalue weighted by atomic mass is 10.0. The molecule has 2 heterocycles. The molecule has 61 heavy (non-hydrogen) atoms. The molecule has 294 valence electrons. The number of amidine groups is 2. The molecule has 0 spiro atoms. The van der Waals surface area contributed by atoms with E-state index in [9.17, 15) is 25.5 Å². The Balaban J connectivity index is 1.12. The fourth-order valence-electron chi connectivity index (χ4n) is 7.97. The molecule has 10 aromatic rings. The normalized spacial score (nSPS) is 12.0. The second kappa shape index (κ2) is 14.9. The summed E-state index contributed by atoms with van der Waals surface area (Å²) in [5.74, 6) is -5.99. The predicted molar refractivity (Wildman–Crippen MR) is 247 cm³/mol. The molecule has 2 aromatic heterocycles. The third-order valence-corrected chi connectivity index (χ3v) is 12.1. The van der Waals surface area contributed by atoms with Crippen molar-refractivity contribution in [2.45, 2.75) is 0 Å². The number of benzene rings is 8. The van der Waals surface area contributed by atoms with Crippen molar-refractivity contribution in [2.75, 3.05) is 0 Å². The largest absolute Gasteiger partial charge is 0.504 e. The van der Waals surface area contributed by atoms with Crippen molar-refractivity contribution in [1.82, 2.24) is 4.57 Å². The molecule has 0 radical (unpaired) electrons. The fraction of sp³-hybridized carbons (Fsp3) is 0. The van der Waals surface area contributed by atoms with Crippen LogP contribution in [0.5, 0.6) is 28.7 Å². The van der Waals surface area contributed by atoms with E-state index in [2.05, 4.69) is 119 Å². The van der Waals surface area contributed by atoms with Gasteiger partial charge in [0.05, 0.1) is 11.0 Å². The summed E-state index contributed by atoms with van der Waals surface area (Å²) < 4.78 is 4.47. The SMILES string of the molecule is N=C(N=C(N=Cc1cccc2sc3ccc(-n4c5ccc(-c6ccccc6)cc5c5cc(-c6ccccc6)ccc54)cc3c12)c1ccccc1)c1c(O)c(O)c(O)c(O)c1O. The Morgan fingerprint density at radius 2 is 1.07 bits per heavy atom. The molecule has 0 fully saturated rings. The van der Waals surface area contributed by atoms with Crippen LogP contribution < -0.4 is 0 Å². The molecular weight excluding hydrogens is 781 g/mol. The Bertz CT molecular complexity index is 3300. The smallest absolute Gasteiger partial charge is 0.208 e. The molecule has 0 aliphatic rings. The second-order valence-corrected chi connectivity index (χ2v) is 15.6. The Morgan fingerprint density at radius 1 is 0.508 bits per heavy atom. The van der Waals surface area contributed by atoms with E-state index in [0.717, 1.165) is 75.5 Å².